The van der Waals surface area contributed by atoms with Gasteiger partial charge in [0.2, 0.25) is 0 Å². The van der Waals surface area contributed by atoms with Crippen molar-refractivity contribution < 1.29 is 4.39 Å². The fourth-order valence-electron chi connectivity index (χ4n) is 2.09. The second-order valence-corrected chi connectivity index (χ2v) is 6.44. The molecule has 0 aliphatic heterocycles. The van der Waals surface area contributed by atoms with Crippen molar-refractivity contribution in [3.8, 4) is 0 Å². The lowest BCUT2D eigenvalue weighted by atomic mass is 10.0. The zero-order chi connectivity index (χ0) is 13.3. The number of halogens is 2. The van der Waals surface area contributed by atoms with Gasteiger partial charge < -0.3 is 5.32 Å². The van der Waals surface area contributed by atoms with Crippen LogP contribution in [-0.4, -0.2) is 7.05 Å². The number of thiophene rings is 1. The van der Waals surface area contributed by atoms with E-state index in [0.29, 0.717) is 4.47 Å². The van der Waals surface area contributed by atoms with Crippen molar-refractivity contribution in [1.29, 1.82) is 0 Å². The van der Waals surface area contributed by atoms with Crippen molar-refractivity contribution in [3.05, 3.63) is 55.4 Å². The van der Waals surface area contributed by atoms with Crippen molar-refractivity contribution >= 4 is 27.3 Å². The molecule has 0 saturated heterocycles. The van der Waals surface area contributed by atoms with E-state index in [4.69, 9.17) is 0 Å². The van der Waals surface area contributed by atoms with Crippen LogP contribution < -0.4 is 5.32 Å². The Morgan fingerprint density at radius 2 is 2.00 bits per heavy atom. The number of aryl methyl sites for hydroxylation is 2. The summed E-state index contributed by atoms with van der Waals surface area (Å²) in [5, 5.41) is 3.30. The highest BCUT2D eigenvalue weighted by Gasteiger charge is 2.17. The van der Waals surface area contributed by atoms with Gasteiger partial charge in [0.15, 0.2) is 0 Å². The quantitative estimate of drug-likeness (QED) is 0.870. The maximum absolute atomic E-state index is 13.3. The first-order valence-electron chi connectivity index (χ1n) is 5.72. The summed E-state index contributed by atoms with van der Waals surface area (Å²) >= 11 is 5.02. The van der Waals surface area contributed by atoms with Gasteiger partial charge in [-0.2, -0.15) is 0 Å². The SMILES string of the molecule is CNC(c1ccc(F)c(Br)c1)c1sc(C)cc1C. The smallest absolute Gasteiger partial charge is 0.137 e. The lowest BCUT2D eigenvalue weighted by Gasteiger charge is -2.17. The second-order valence-electron chi connectivity index (χ2n) is 4.30. The number of hydrogen-bond donors (Lipinski definition) is 1. The molecule has 96 valence electrons. The first-order valence-corrected chi connectivity index (χ1v) is 7.33. The molecule has 0 saturated carbocycles. The van der Waals surface area contributed by atoms with Crippen molar-refractivity contribution in [2.24, 2.45) is 0 Å². The van der Waals surface area contributed by atoms with Crippen LogP contribution in [0, 0.1) is 19.7 Å². The van der Waals surface area contributed by atoms with Gasteiger partial charge in [0.25, 0.3) is 0 Å². The van der Waals surface area contributed by atoms with E-state index in [1.54, 1.807) is 11.3 Å². The van der Waals surface area contributed by atoms with Gasteiger partial charge in [-0.25, -0.2) is 4.39 Å². The molecule has 0 bridgehead atoms. The van der Waals surface area contributed by atoms with E-state index in [-0.39, 0.29) is 11.9 Å². The zero-order valence-electron chi connectivity index (χ0n) is 10.6. The summed E-state index contributed by atoms with van der Waals surface area (Å²) in [4.78, 5) is 2.58. The lowest BCUT2D eigenvalue weighted by Crippen LogP contribution is -2.17. The van der Waals surface area contributed by atoms with Gasteiger partial charge in [-0.05, 0) is 66.2 Å². The van der Waals surface area contributed by atoms with E-state index in [2.05, 4.69) is 41.2 Å². The van der Waals surface area contributed by atoms with E-state index < -0.39 is 0 Å². The Balaban J connectivity index is 2.45. The average Bonchev–Trinajstić information content (AvgIpc) is 2.64. The Hall–Kier alpha value is -0.710. The van der Waals surface area contributed by atoms with Crippen molar-refractivity contribution in [1.82, 2.24) is 5.32 Å². The van der Waals surface area contributed by atoms with E-state index in [9.17, 15) is 4.39 Å². The topological polar surface area (TPSA) is 12.0 Å². The molecule has 1 aromatic heterocycles. The lowest BCUT2D eigenvalue weighted by molar-refractivity contribution is 0.617. The van der Waals surface area contributed by atoms with Crippen LogP contribution >= 0.6 is 27.3 Å². The van der Waals surface area contributed by atoms with Crippen LogP contribution in [0.15, 0.2) is 28.7 Å². The molecule has 0 amide bonds. The Morgan fingerprint density at radius 3 is 2.50 bits per heavy atom. The fourth-order valence-corrected chi connectivity index (χ4v) is 3.66. The first kappa shape index (κ1) is 13.7. The summed E-state index contributed by atoms with van der Waals surface area (Å²) < 4.78 is 13.8. The van der Waals surface area contributed by atoms with Gasteiger partial charge >= 0.3 is 0 Å². The number of nitrogens with one attached hydrogen (secondary N) is 1. The van der Waals surface area contributed by atoms with Crippen LogP contribution in [0.5, 0.6) is 0 Å². The Kier molecular flexibility index (Phi) is 4.20. The van der Waals surface area contributed by atoms with Crippen molar-refractivity contribution in [2.45, 2.75) is 19.9 Å². The Labute approximate surface area is 119 Å². The molecular weight excluding hydrogens is 313 g/mol. The molecular formula is C14H15BrFNS. The van der Waals surface area contributed by atoms with E-state index in [0.717, 1.165) is 5.56 Å². The highest BCUT2D eigenvalue weighted by atomic mass is 79.9. The molecule has 2 rings (SSSR count). The summed E-state index contributed by atoms with van der Waals surface area (Å²) in [6.07, 6.45) is 0. The van der Waals surface area contributed by atoms with Gasteiger partial charge in [0, 0.05) is 9.75 Å². The van der Waals surface area contributed by atoms with Gasteiger partial charge in [-0.3, -0.25) is 0 Å². The third kappa shape index (κ3) is 2.66. The largest absolute Gasteiger partial charge is 0.309 e. The van der Waals surface area contributed by atoms with Gasteiger partial charge in [0.05, 0.1) is 10.5 Å². The third-order valence-corrected chi connectivity index (χ3v) is 4.73. The van der Waals surface area contributed by atoms with Crippen LogP contribution in [-0.2, 0) is 0 Å². The molecule has 18 heavy (non-hydrogen) atoms. The molecule has 1 aromatic carbocycles. The number of hydrogen-bond acceptors (Lipinski definition) is 2. The van der Waals surface area contributed by atoms with Crippen LogP contribution in [0.4, 0.5) is 4.39 Å². The summed E-state index contributed by atoms with van der Waals surface area (Å²) in [5.74, 6) is -0.229. The molecule has 1 heterocycles. The molecule has 4 heteroatoms. The molecule has 2 aromatic rings. The minimum absolute atomic E-state index is 0.112. The summed E-state index contributed by atoms with van der Waals surface area (Å²) in [7, 11) is 1.93. The molecule has 1 atom stereocenters. The normalized spacial score (nSPS) is 12.7. The van der Waals surface area contributed by atoms with E-state index in [1.165, 1.54) is 21.4 Å². The summed E-state index contributed by atoms with van der Waals surface area (Å²) in [6.45, 7) is 4.22. The molecule has 0 aliphatic rings. The van der Waals surface area contributed by atoms with Gasteiger partial charge in [-0.15, -0.1) is 11.3 Å². The maximum Gasteiger partial charge on any atom is 0.137 e. The van der Waals surface area contributed by atoms with Gasteiger partial charge in [-0.1, -0.05) is 6.07 Å². The second kappa shape index (κ2) is 5.51. The monoisotopic (exact) mass is 327 g/mol. The van der Waals surface area contributed by atoms with E-state index >= 15 is 0 Å². The molecule has 1 N–H and O–H groups in total. The maximum atomic E-state index is 13.3. The standard InChI is InChI=1S/C14H15BrFNS/c1-8-6-9(2)18-14(8)13(17-3)10-4-5-12(16)11(15)7-10/h4-7,13,17H,1-3H3. The van der Waals surface area contributed by atoms with Crippen molar-refractivity contribution in [2.75, 3.05) is 7.05 Å². The molecule has 0 radical (unpaired) electrons. The van der Waals surface area contributed by atoms with Crippen molar-refractivity contribution in [3.63, 3.8) is 0 Å². The van der Waals surface area contributed by atoms with Crippen LogP contribution in [0.3, 0.4) is 0 Å². The first-order chi connectivity index (χ1) is 8.52. The number of rotatable bonds is 3. The van der Waals surface area contributed by atoms with Crippen LogP contribution in [0.2, 0.25) is 0 Å². The number of benzene rings is 1. The van der Waals surface area contributed by atoms with Crippen LogP contribution in [0.25, 0.3) is 0 Å². The average molecular weight is 328 g/mol. The third-order valence-electron chi connectivity index (χ3n) is 2.91. The molecule has 1 unspecified atom stereocenters. The predicted molar refractivity (Wildman–Crippen MR) is 78.8 cm³/mol. The summed E-state index contributed by atoms with van der Waals surface area (Å²) in [5.41, 5.74) is 2.34. The van der Waals surface area contributed by atoms with Gasteiger partial charge in [0.1, 0.15) is 5.82 Å². The minimum Gasteiger partial charge on any atom is -0.309 e. The Morgan fingerprint density at radius 1 is 1.28 bits per heavy atom. The molecule has 0 spiro atoms. The molecule has 0 fully saturated rings. The van der Waals surface area contributed by atoms with Crippen LogP contribution in [0.1, 0.15) is 26.9 Å². The minimum atomic E-state index is -0.229. The highest BCUT2D eigenvalue weighted by Crippen LogP contribution is 2.33. The molecule has 0 aliphatic carbocycles. The Bertz CT molecular complexity index is 565. The zero-order valence-corrected chi connectivity index (χ0v) is 13.0. The fraction of sp³-hybridized carbons (Fsp3) is 0.286. The predicted octanol–water partition coefficient (Wildman–Crippen LogP) is 4.58. The molecule has 1 nitrogen and oxygen atoms in total. The highest BCUT2D eigenvalue weighted by molar-refractivity contribution is 9.10. The van der Waals surface area contributed by atoms with E-state index in [1.807, 2.05) is 19.2 Å². The summed E-state index contributed by atoms with van der Waals surface area (Å²) in [6, 6.07) is 7.46.